The number of aliphatic hydroxyl groups is 2. The molecule has 1 fully saturated rings. The highest BCUT2D eigenvalue weighted by molar-refractivity contribution is 6.09. The van der Waals surface area contributed by atoms with Gasteiger partial charge in [-0.05, 0) is 6.08 Å². The van der Waals surface area contributed by atoms with Crippen LogP contribution in [0.3, 0.4) is 0 Å². The van der Waals surface area contributed by atoms with Crippen LogP contribution in [0.25, 0.3) is 6.08 Å². The van der Waals surface area contributed by atoms with Gasteiger partial charge < -0.3 is 33.9 Å². The molecule has 2 N–H and O–H groups in total. The summed E-state index contributed by atoms with van der Waals surface area (Å²) in [5.41, 5.74) is 0.450. The van der Waals surface area contributed by atoms with Crippen molar-refractivity contribution < 1.29 is 48.3 Å². The number of aliphatic hydroxyl groups excluding tert-OH is 2. The Morgan fingerprint density at radius 2 is 1.79 bits per heavy atom. The van der Waals surface area contributed by atoms with Gasteiger partial charge in [0.05, 0.1) is 26.9 Å². The molecule has 0 aromatic heterocycles. The van der Waals surface area contributed by atoms with Gasteiger partial charge in [0, 0.05) is 18.2 Å². The first-order valence-corrected chi connectivity index (χ1v) is 8.07. The molecule has 28 heavy (non-hydrogen) atoms. The lowest BCUT2D eigenvalue weighted by atomic mass is 10.1. The summed E-state index contributed by atoms with van der Waals surface area (Å²) < 4.78 is 25.0. The molecule has 152 valence electrons. The highest BCUT2D eigenvalue weighted by Gasteiger charge is 2.46. The standard InChI is InChI=1S/C18H20O10/c1-24-9-6-12(25-2)10(13(7-9)26-3)4-5-14(20)27-8-11(19)17-15(21)16(22)18(23)28-17/h4-7,11,16-17,19,22H,8H2,1-3H3. The number of hydrogen-bond donors (Lipinski definition) is 2. The number of ketones is 1. The van der Waals surface area contributed by atoms with Crippen molar-refractivity contribution in [1.29, 1.82) is 0 Å². The van der Waals surface area contributed by atoms with E-state index in [1.165, 1.54) is 27.4 Å². The van der Waals surface area contributed by atoms with Crippen LogP contribution in [-0.4, -0.2) is 74.2 Å². The Balaban J connectivity index is 2.02. The summed E-state index contributed by atoms with van der Waals surface area (Å²) in [6.07, 6.45) is -2.67. The SMILES string of the molecule is COc1cc(OC)c(C=CC(=O)OCC(O)C2OC(=O)C(O)C2=O)c(OC)c1. The third-order valence-electron chi connectivity index (χ3n) is 3.90. The second kappa shape index (κ2) is 9.20. The van der Waals surface area contributed by atoms with Crippen LogP contribution in [0.5, 0.6) is 17.2 Å². The van der Waals surface area contributed by atoms with Crippen molar-refractivity contribution in [2.45, 2.75) is 18.3 Å². The first-order chi connectivity index (χ1) is 13.3. The van der Waals surface area contributed by atoms with Gasteiger partial charge in [-0.3, -0.25) is 4.79 Å². The normalized spacial score (nSPS) is 20.0. The molecule has 3 atom stereocenters. The van der Waals surface area contributed by atoms with E-state index in [-0.39, 0.29) is 0 Å². The summed E-state index contributed by atoms with van der Waals surface area (Å²) in [6, 6.07) is 3.20. The van der Waals surface area contributed by atoms with Gasteiger partial charge in [0.15, 0.2) is 6.10 Å². The van der Waals surface area contributed by atoms with Crippen LogP contribution >= 0.6 is 0 Å². The quantitative estimate of drug-likeness (QED) is 0.335. The summed E-state index contributed by atoms with van der Waals surface area (Å²) >= 11 is 0. The van der Waals surface area contributed by atoms with Gasteiger partial charge in [0.2, 0.25) is 11.9 Å². The third kappa shape index (κ3) is 4.59. The Bertz CT molecular complexity index is 760. The average Bonchev–Trinajstić information content (AvgIpc) is 2.96. The summed E-state index contributed by atoms with van der Waals surface area (Å²) in [6.45, 7) is -0.615. The number of carbonyl (C=O) groups is 3. The molecule has 1 aliphatic heterocycles. The molecule has 1 aliphatic rings. The number of esters is 2. The molecule has 2 rings (SSSR count). The summed E-state index contributed by atoms with van der Waals surface area (Å²) in [7, 11) is 4.36. The number of cyclic esters (lactones) is 1. The zero-order valence-electron chi connectivity index (χ0n) is 15.4. The molecular formula is C18H20O10. The first kappa shape index (κ1) is 21.2. The molecule has 0 saturated carbocycles. The number of hydrogen-bond acceptors (Lipinski definition) is 10. The molecular weight excluding hydrogens is 376 g/mol. The number of benzene rings is 1. The van der Waals surface area contributed by atoms with Crippen molar-refractivity contribution in [3.63, 3.8) is 0 Å². The van der Waals surface area contributed by atoms with Crippen LogP contribution < -0.4 is 14.2 Å². The molecule has 0 aliphatic carbocycles. The number of Topliss-reactive ketones (excluding diaryl/α,β-unsaturated/α-hetero) is 1. The van der Waals surface area contributed by atoms with E-state index < -0.39 is 42.6 Å². The number of ether oxygens (including phenoxy) is 5. The second-order valence-electron chi connectivity index (χ2n) is 5.64. The Labute approximate surface area is 160 Å². The Morgan fingerprint density at radius 3 is 2.25 bits per heavy atom. The minimum absolute atomic E-state index is 0.387. The van der Waals surface area contributed by atoms with Gasteiger partial charge in [-0.1, -0.05) is 0 Å². The maximum Gasteiger partial charge on any atom is 0.343 e. The molecule has 1 saturated heterocycles. The van der Waals surface area contributed by atoms with Crippen LogP contribution in [0.1, 0.15) is 5.56 Å². The molecule has 0 spiro atoms. The molecule has 1 heterocycles. The summed E-state index contributed by atoms with van der Waals surface area (Å²) in [5.74, 6) is -1.71. The van der Waals surface area contributed by atoms with E-state index in [9.17, 15) is 24.6 Å². The Hall–Kier alpha value is -3.11. The van der Waals surface area contributed by atoms with Crippen LogP contribution in [0, 0.1) is 0 Å². The maximum atomic E-state index is 11.9. The van der Waals surface area contributed by atoms with Gasteiger partial charge in [-0.25, -0.2) is 9.59 Å². The lowest BCUT2D eigenvalue weighted by Crippen LogP contribution is -2.37. The van der Waals surface area contributed by atoms with Gasteiger partial charge in [0.25, 0.3) is 0 Å². The molecule has 3 unspecified atom stereocenters. The molecule has 0 bridgehead atoms. The Kier molecular flexibility index (Phi) is 6.96. The average molecular weight is 396 g/mol. The lowest BCUT2D eigenvalue weighted by Gasteiger charge is -2.15. The van der Waals surface area contributed by atoms with Crippen molar-refractivity contribution in [2.24, 2.45) is 0 Å². The van der Waals surface area contributed by atoms with E-state index in [2.05, 4.69) is 4.74 Å². The zero-order valence-corrected chi connectivity index (χ0v) is 15.4. The van der Waals surface area contributed by atoms with E-state index in [1.54, 1.807) is 12.1 Å². The van der Waals surface area contributed by atoms with Crippen molar-refractivity contribution in [1.82, 2.24) is 0 Å². The summed E-state index contributed by atoms with van der Waals surface area (Å²) in [5, 5.41) is 19.1. The van der Waals surface area contributed by atoms with Crippen LogP contribution in [0.15, 0.2) is 18.2 Å². The van der Waals surface area contributed by atoms with Gasteiger partial charge in [-0.2, -0.15) is 0 Å². The molecule has 1 aromatic carbocycles. The second-order valence-corrected chi connectivity index (χ2v) is 5.64. The van der Waals surface area contributed by atoms with Crippen molar-refractivity contribution in [3.8, 4) is 17.2 Å². The number of carbonyl (C=O) groups excluding carboxylic acids is 3. The minimum atomic E-state index is -1.94. The van der Waals surface area contributed by atoms with Crippen molar-refractivity contribution in [3.05, 3.63) is 23.8 Å². The van der Waals surface area contributed by atoms with Crippen LogP contribution in [-0.2, 0) is 23.9 Å². The topological polar surface area (TPSA) is 138 Å². The number of methoxy groups -OCH3 is 3. The Morgan fingerprint density at radius 1 is 1.18 bits per heavy atom. The fourth-order valence-electron chi connectivity index (χ4n) is 2.44. The number of rotatable bonds is 8. The van der Waals surface area contributed by atoms with E-state index in [0.717, 1.165) is 6.08 Å². The van der Waals surface area contributed by atoms with Crippen molar-refractivity contribution >= 4 is 23.8 Å². The van der Waals surface area contributed by atoms with Gasteiger partial charge in [0.1, 0.15) is 30.0 Å². The molecule has 1 aromatic rings. The molecule has 0 radical (unpaired) electrons. The van der Waals surface area contributed by atoms with Crippen LogP contribution in [0.4, 0.5) is 0 Å². The highest BCUT2D eigenvalue weighted by Crippen LogP contribution is 2.35. The first-order valence-electron chi connectivity index (χ1n) is 8.07. The minimum Gasteiger partial charge on any atom is -0.496 e. The predicted octanol–water partition coefficient (Wildman–Crippen LogP) is -0.515. The zero-order chi connectivity index (χ0) is 20.8. The van der Waals surface area contributed by atoms with E-state index in [4.69, 9.17) is 18.9 Å². The monoisotopic (exact) mass is 396 g/mol. The van der Waals surface area contributed by atoms with E-state index in [0.29, 0.717) is 22.8 Å². The fourth-order valence-corrected chi connectivity index (χ4v) is 2.44. The molecule has 0 amide bonds. The largest absolute Gasteiger partial charge is 0.496 e. The smallest absolute Gasteiger partial charge is 0.343 e. The third-order valence-corrected chi connectivity index (χ3v) is 3.90. The molecule has 10 heteroatoms. The predicted molar refractivity (Wildman–Crippen MR) is 93.0 cm³/mol. The maximum absolute atomic E-state index is 11.9. The van der Waals surface area contributed by atoms with E-state index in [1.807, 2.05) is 0 Å². The van der Waals surface area contributed by atoms with Crippen molar-refractivity contribution in [2.75, 3.05) is 27.9 Å². The lowest BCUT2D eigenvalue weighted by molar-refractivity contribution is -0.154. The summed E-state index contributed by atoms with van der Waals surface area (Å²) in [4.78, 5) is 34.6. The van der Waals surface area contributed by atoms with Crippen LogP contribution in [0.2, 0.25) is 0 Å². The molecule has 10 nitrogen and oxygen atoms in total. The van der Waals surface area contributed by atoms with Gasteiger partial charge >= 0.3 is 11.9 Å². The van der Waals surface area contributed by atoms with E-state index >= 15 is 0 Å². The highest BCUT2D eigenvalue weighted by atomic mass is 16.6. The van der Waals surface area contributed by atoms with Gasteiger partial charge in [-0.15, -0.1) is 0 Å². The fraction of sp³-hybridized carbons (Fsp3) is 0.389.